The molecule has 8 heteroatoms. The molecular weight excluding hydrogens is 346 g/mol. The van der Waals surface area contributed by atoms with Gasteiger partial charge in [-0.05, 0) is 29.6 Å². The van der Waals surface area contributed by atoms with E-state index < -0.39 is 12.1 Å². The number of carbonyl (C=O) groups is 3. The number of carbonyl (C=O) groups excluding carboxylic acids is 3. The van der Waals surface area contributed by atoms with Crippen LogP contribution in [-0.4, -0.2) is 54.3 Å². The van der Waals surface area contributed by atoms with Gasteiger partial charge in [0.05, 0.1) is 12.0 Å². The Labute approximate surface area is 160 Å². The highest BCUT2D eigenvalue weighted by Gasteiger charge is 2.69. The summed E-state index contributed by atoms with van der Waals surface area (Å²) in [6.07, 6.45) is 1.58. The molecule has 2 heterocycles. The number of nitrogens with one attached hydrogen (secondary N) is 3. The van der Waals surface area contributed by atoms with E-state index >= 15 is 0 Å². The van der Waals surface area contributed by atoms with Gasteiger partial charge in [0.1, 0.15) is 6.04 Å². The maximum atomic E-state index is 12.9. The maximum absolute atomic E-state index is 12.9. The number of likely N-dealkylation sites (tertiary alicyclic amines) is 1. The molecule has 152 valence electrons. The molecule has 3 fully saturated rings. The summed E-state index contributed by atoms with van der Waals surface area (Å²) in [6, 6.07) is -1.08. The average molecular weight is 380 g/mol. The fraction of sp³-hybridized carbons (Fsp3) is 0.842. The second-order valence-corrected chi connectivity index (χ2v) is 8.95. The predicted octanol–water partition coefficient (Wildman–Crippen LogP) is -0.400. The first-order chi connectivity index (χ1) is 12.7. The molecule has 3 amide bonds. The smallest absolute Gasteiger partial charge is 0.257 e. The van der Waals surface area contributed by atoms with E-state index in [0.29, 0.717) is 25.6 Å². The molecule has 2 unspecified atom stereocenters. The van der Waals surface area contributed by atoms with Crippen molar-refractivity contribution in [2.45, 2.75) is 52.6 Å². The molecule has 0 spiro atoms. The Hall–Kier alpha value is -1.67. The van der Waals surface area contributed by atoms with Gasteiger partial charge >= 0.3 is 0 Å². The molecule has 0 radical (unpaired) electrons. The lowest BCUT2D eigenvalue weighted by Crippen LogP contribution is -2.57. The number of hydrazine groups is 1. The van der Waals surface area contributed by atoms with Crippen LogP contribution in [0.15, 0.2) is 0 Å². The Bertz CT molecular complexity index is 622. The number of nitrogens with zero attached hydrogens (tertiary/aromatic N) is 1. The topological polar surface area (TPSA) is 117 Å². The van der Waals surface area contributed by atoms with Gasteiger partial charge < -0.3 is 16.0 Å². The Morgan fingerprint density at radius 1 is 1.41 bits per heavy atom. The molecule has 3 aliphatic rings. The molecule has 5 N–H and O–H groups in total. The van der Waals surface area contributed by atoms with E-state index in [2.05, 4.69) is 30.0 Å². The van der Waals surface area contributed by atoms with Gasteiger partial charge in [-0.2, -0.15) is 0 Å². The van der Waals surface area contributed by atoms with Crippen molar-refractivity contribution in [1.29, 1.82) is 0 Å². The van der Waals surface area contributed by atoms with Crippen LogP contribution in [0.3, 0.4) is 0 Å². The zero-order valence-corrected chi connectivity index (χ0v) is 16.7. The van der Waals surface area contributed by atoms with Crippen LogP contribution in [0.2, 0.25) is 0 Å². The SMILES string of the molecule is CCC(C)C(N)C(=O)N1C[C@H]2[C@@H]([C@H]1C(=O)NNC[C@@H]1CCNC1=O)C2(C)C. The van der Waals surface area contributed by atoms with Crippen LogP contribution < -0.4 is 21.9 Å². The minimum atomic E-state index is -0.582. The van der Waals surface area contributed by atoms with Gasteiger partial charge in [-0.15, -0.1) is 0 Å². The normalized spacial score (nSPS) is 33.2. The Balaban J connectivity index is 1.63. The summed E-state index contributed by atoms with van der Waals surface area (Å²) in [6.45, 7) is 9.92. The van der Waals surface area contributed by atoms with E-state index in [9.17, 15) is 14.4 Å². The van der Waals surface area contributed by atoms with E-state index in [1.54, 1.807) is 4.90 Å². The third-order valence-electron chi connectivity index (χ3n) is 7.03. The predicted molar refractivity (Wildman–Crippen MR) is 101 cm³/mol. The lowest BCUT2D eigenvalue weighted by atomic mass is 9.96. The Kier molecular flexibility index (Phi) is 5.49. The zero-order valence-electron chi connectivity index (χ0n) is 16.7. The van der Waals surface area contributed by atoms with Crippen LogP contribution in [0.5, 0.6) is 0 Å². The van der Waals surface area contributed by atoms with E-state index in [-0.39, 0.29) is 40.9 Å². The third kappa shape index (κ3) is 3.57. The highest BCUT2D eigenvalue weighted by atomic mass is 16.2. The first kappa shape index (κ1) is 20.1. The third-order valence-corrected chi connectivity index (χ3v) is 7.03. The lowest BCUT2D eigenvalue weighted by Gasteiger charge is -2.33. The molecule has 1 saturated carbocycles. The minimum absolute atomic E-state index is 0.0114. The highest BCUT2D eigenvalue weighted by molar-refractivity contribution is 5.91. The number of rotatable bonds is 7. The van der Waals surface area contributed by atoms with Crippen molar-refractivity contribution in [3.63, 3.8) is 0 Å². The highest BCUT2D eigenvalue weighted by Crippen LogP contribution is 2.64. The molecule has 0 aromatic heterocycles. The van der Waals surface area contributed by atoms with Crippen LogP contribution in [0.4, 0.5) is 0 Å². The van der Waals surface area contributed by atoms with E-state index in [1.165, 1.54) is 0 Å². The van der Waals surface area contributed by atoms with Crippen LogP contribution >= 0.6 is 0 Å². The molecule has 2 aliphatic heterocycles. The monoisotopic (exact) mass is 379 g/mol. The fourth-order valence-corrected chi connectivity index (χ4v) is 4.68. The Morgan fingerprint density at radius 3 is 2.70 bits per heavy atom. The quantitative estimate of drug-likeness (QED) is 0.449. The molecule has 1 aliphatic carbocycles. The Morgan fingerprint density at radius 2 is 2.11 bits per heavy atom. The molecule has 0 bridgehead atoms. The molecule has 3 rings (SSSR count). The summed E-state index contributed by atoms with van der Waals surface area (Å²) in [4.78, 5) is 39.1. The van der Waals surface area contributed by atoms with E-state index in [4.69, 9.17) is 5.73 Å². The van der Waals surface area contributed by atoms with Gasteiger partial charge in [0.2, 0.25) is 11.8 Å². The van der Waals surface area contributed by atoms with Crippen molar-refractivity contribution in [1.82, 2.24) is 21.1 Å². The average Bonchev–Trinajstić information content (AvgIpc) is 3.03. The molecule has 0 aromatic carbocycles. The first-order valence-corrected chi connectivity index (χ1v) is 10.1. The second kappa shape index (κ2) is 7.39. The summed E-state index contributed by atoms with van der Waals surface area (Å²) in [7, 11) is 0. The number of nitrogens with two attached hydrogens (primary N) is 1. The molecule has 0 aromatic rings. The van der Waals surface area contributed by atoms with Crippen LogP contribution in [0.25, 0.3) is 0 Å². The van der Waals surface area contributed by atoms with Crippen LogP contribution in [0.1, 0.15) is 40.5 Å². The van der Waals surface area contributed by atoms with Crippen molar-refractivity contribution >= 4 is 17.7 Å². The van der Waals surface area contributed by atoms with Crippen molar-refractivity contribution in [3.05, 3.63) is 0 Å². The van der Waals surface area contributed by atoms with Crippen LogP contribution in [-0.2, 0) is 14.4 Å². The molecule has 6 atom stereocenters. The lowest BCUT2D eigenvalue weighted by molar-refractivity contribution is -0.142. The molecule has 27 heavy (non-hydrogen) atoms. The summed E-state index contributed by atoms with van der Waals surface area (Å²) in [5.41, 5.74) is 11.8. The van der Waals surface area contributed by atoms with Crippen molar-refractivity contribution in [2.75, 3.05) is 19.6 Å². The van der Waals surface area contributed by atoms with E-state index in [1.807, 2.05) is 13.8 Å². The maximum Gasteiger partial charge on any atom is 0.257 e. The van der Waals surface area contributed by atoms with Gasteiger partial charge in [-0.1, -0.05) is 34.1 Å². The number of hydrogen-bond donors (Lipinski definition) is 4. The first-order valence-electron chi connectivity index (χ1n) is 10.1. The number of amides is 3. The number of fused-ring (bicyclic) bond motifs is 1. The molecule has 8 nitrogen and oxygen atoms in total. The minimum Gasteiger partial charge on any atom is -0.356 e. The van der Waals surface area contributed by atoms with Crippen LogP contribution in [0, 0.1) is 29.1 Å². The van der Waals surface area contributed by atoms with Gasteiger partial charge in [0, 0.05) is 19.6 Å². The zero-order chi connectivity index (χ0) is 19.9. The largest absolute Gasteiger partial charge is 0.356 e. The molecule has 2 saturated heterocycles. The summed E-state index contributed by atoms with van der Waals surface area (Å²) in [5.74, 6) is 0.0981. The van der Waals surface area contributed by atoms with Gasteiger partial charge in [0.15, 0.2) is 0 Å². The fourth-order valence-electron chi connectivity index (χ4n) is 4.68. The van der Waals surface area contributed by atoms with E-state index in [0.717, 1.165) is 12.8 Å². The second-order valence-electron chi connectivity index (χ2n) is 8.95. The number of hydrogen-bond acceptors (Lipinski definition) is 5. The van der Waals surface area contributed by atoms with Gasteiger partial charge in [0.25, 0.3) is 5.91 Å². The number of piperidine rings is 1. The van der Waals surface area contributed by atoms with Crippen molar-refractivity contribution in [2.24, 2.45) is 34.8 Å². The van der Waals surface area contributed by atoms with Gasteiger partial charge in [-0.3, -0.25) is 19.8 Å². The van der Waals surface area contributed by atoms with Crippen molar-refractivity contribution < 1.29 is 14.4 Å². The summed E-state index contributed by atoms with van der Waals surface area (Å²) in [5, 5.41) is 2.78. The summed E-state index contributed by atoms with van der Waals surface area (Å²) >= 11 is 0. The summed E-state index contributed by atoms with van der Waals surface area (Å²) < 4.78 is 0. The van der Waals surface area contributed by atoms with Crippen molar-refractivity contribution in [3.8, 4) is 0 Å². The van der Waals surface area contributed by atoms with Gasteiger partial charge in [-0.25, -0.2) is 5.43 Å². The standard InChI is InChI=1S/C19H33N5O3/c1-5-10(2)14(20)18(27)24-9-12-13(19(12,3)4)15(24)17(26)23-22-8-11-6-7-21-16(11)25/h10-15,22H,5-9,20H2,1-4H3,(H,21,25)(H,23,26)/t10?,11-,12-,13-,14?,15-/m0/s1. The molecular formula is C19H33N5O3.